The standard InChI is InChI=1S/C10H5Cl2NO/c11-8-3-1-6-2-4-9(14)13-5-7(6)10(8)12/h1-5H. The fourth-order valence-corrected chi connectivity index (χ4v) is 1.58. The predicted octanol–water partition coefficient (Wildman–Crippen LogP) is 2.90. The summed E-state index contributed by atoms with van der Waals surface area (Å²) >= 11 is 11.8. The first-order valence-electron chi connectivity index (χ1n) is 3.92. The molecule has 1 aromatic carbocycles. The van der Waals surface area contributed by atoms with Crippen molar-refractivity contribution >= 4 is 34.0 Å². The van der Waals surface area contributed by atoms with Crippen molar-refractivity contribution in [3.8, 4) is 0 Å². The molecule has 2 nitrogen and oxygen atoms in total. The minimum atomic E-state index is -0.298. The average Bonchev–Trinajstić information content (AvgIpc) is 2.35. The van der Waals surface area contributed by atoms with E-state index in [-0.39, 0.29) is 5.56 Å². The van der Waals surface area contributed by atoms with E-state index in [2.05, 4.69) is 4.98 Å². The van der Waals surface area contributed by atoms with Crippen molar-refractivity contribution in [2.24, 2.45) is 0 Å². The van der Waals surface area contributed by atoms with Gasteiger partial charge in [0.05, 0.1) is 10.0 Å². The highest BCUT2D eigenvalue weighted by molar-refractivity contribution is 6.45. The summed E-state index contributed by atoms with van der Waals surface area (Å²) in [5.74, 6) is 0. The fourth-order valence-electron chi connectivity index (χ4n) is 1.19. The summed E-state index contributed by atoms with van der Waals surface area (Å²) in [7, 11) is 0. The molecule has 0 atom stereocenters. The molecule has 14 heavy (non-hydrogen) atoms. The van der Waals surface area contributed by atoms with Crippen LogP contribution in [0.4, 0.5) is 0 Å². The number of halogens is 2. The maximum atomic E-state index is 11.0. The van der Waals surface area contributed by atoms with Crippen molar-refractivity contribution in [2.45, 2.75) is 0 Å². The smallest absolute Gasteiger partial charge is 0.267 e. The second-order valence-electron chi connectivity index (χ2n) is 2.79. The average molecular weight is 226 g/mol. The van der Waals surface area contributed by atoms with Gasteiger partial charge in [0.15, 0.2) is 0 Å². The SMILES string of the molecule is O=c1ccc2ccc(Cl)c(Cl)c2cn1. The molecule has 1 heterocycles. The van der Waals surface area contributed by atoms with E-state index >= 15 is 0 Å². The second-order valence-corrected chi connectivity index (χ2v) is 3.58. The molecule has 0 radical (unpaired) electrons. The zero-order valence-corrected chi connectivity index (χ0v) is 8.51. The van der Waals surface area contributed by atoms with Crippen LogP contribution in [0.3, 0.4) is 0 Å². The van der Waals surface area contributed by atoms with Crippen LogP contribution >= 0.6 is 23.2 Å². The second kappa shape index (κ2) is 3.56. The zero-order valence-electron chi connectivity index (χ0n) is 7.00. The van der Waals surface area contributed by atoms with Gasteiger partial charge in [-0.25, -0.2) is 4.98 Å². The Morgan fingerprint density at radius 2 is 1.79 bits per heavy atom. The predicted molar refractivity (Wildman–Crippen MR) is 58.0 cm³/mol. The Bertz CT molecular complexity index is 554. The largest absolute Gasteiger partial charge is 0.269 e. The lowest BCUT2D eigenvalue weighted by molar-refractivity contribution is 1.28. The summed E-state index contributed by atoms with van der Waals surface area (Å²) in [6, 6.07) is 6.56. The molecule has 70 valence electrons. The third-order valence-corrected chi connectivity index (χ3v) is 2.71. The number of aromatic nitrogens is 1. The molecule has 0 amide bonds. The van der Waals surface area contributed by atoms with Gasteiger partial charge in [-0.15, -0.1) is 0 Å². The first-order chi connectivity index (χ1) is 6.68. The molecule has 4 heteroatoms. The molecule has 0 aliphatic heterocycles. The highest BCUT2D eigenvalue weighted by Gasteiger charge is 2.02. The summed E-state index contributed by atoms with van der Waals surface area (Å²) in [6.45, 7) is 0. The minimum Gasteiger partial charge on any atom is -0.267 e. The van der Waals surface area contributed by atoms with Crippen LogP contribution in [0.15, 0.2) is 35.3 Å². The molecular formula is C10H5Cl2NO. The van der Waals surface area contributed by atoms with Crippen LogP contribution < -0.4 is 5.56 Å². The monoisotopic (exact) mass is 225 g/mol. The topological polar surface area (TPSA) is 30.0 Å². The molecule has 0 aliphatic carbocycles. The summed E-state index contributed by atoms with van der Waals surface area (Å²) in [5.41, 5.74) is -0.298. The van der Waals surface area contributed by atoms with E-state index in [1.165, 1.54) is 12.3 Å². The van der Waals surface area contributed by atoms with Gasteiger partial charge in [-0.2, -0.15) is 0 Å². The van der Waals surface area contributed by atoms with Crippen molar-refractivity contribution in [3.63, 3.8) is 0 Å². The molecule has 0 spiro atoms. The lowest BCUT2D eigenvalue weighted by Crippen LogP contribution is -1.96. The van der Waals surface area contributed by atoms with Crippen molar-refractivity contribution in [1.29, 1.82) is 0 Å². The first-order valence-corrected chi connectivity index (χ1v) is 4.68. The number of fused-ring (bicyclic) bond motifs is 1. The van der Waals surface area contributed by atoms with E-state index < -0.39 is 0 Å². The molecule has 0 aliphatic rings. The number of hydrogen-bond donors (Lipinski definition) is 0. The van der Waals surface area contributed by atoms with Gasteiger partial charge < -0.3 is 0 Å². The van der Waals surface area contributed by atoms with Crippen LogP contribution in [-0.4, -0.2) is 4.98 Å². The quantitative estimate of drug-likeness (QED) is 0.691. The molecule has 0 N–H and O–H groups in total. The van der Waals surface area contributed by atoms with Gasteiger partial charge in [0.2, 0.25) is 0 Å². The van der Waals surface area contributed by atoms with Crippen LogP contribution in [0.5, 0.6) is 0 Å². The Morgan fingerprint density at radius 3 is 2.57 bits per heavy atom. The summed E-state index contributed by atoms with van der Waals surface area (Å²) in [4.78, 5) is 14.7. The number of hydrogen-bond acceptors (Lipinski definition) is 2. The van der Waals surface area contributed by atoms with Crippen LogP contribution in [-0.2, 0) is 0 Å². The Labute approximate surface area is 90.1 Å². The molecule has 2 rings (SSSR count). The number of benzene rings is 1. The van der Waals surface area contributed by atoms with Gasteiger partial charge in [-0.1, -0.05) is 29.3 Å². The van der Waals surface area contributed by atoms with Crippen LogP contribution in [0.2, 0.25) is 10.0 Å². The van der Waals surface area contributed by atoms with Crippen molar-refractivity contribution in [3.05, 3.63) is 50.9 Å². The van der Waals surface area contributed by atoms with E-state index in [9.17, 15) is 4.79 Å². The normalized spacial score (nSPS) is 10.4. The Hall–Kier alpha value is -1.12. The highest BCUT2D eigenvalue weighted by Crippen LogP contribution is 2.29. The molecule has 1 aromatic heterocycles. The number of nitrogens with zero attached hydrogens (tertiary/aromatic N) is 1. The fraction of sp³-hybridized carbons (Fsp3) is 0. The lowest BCUT2D eigenvalue weighted by atomic mass is 10.2. The Morgan fingerprint density at radius 1 is 1.07 bits per heavy atom. The highest BCUT2D eigenvalue weighted by atomic mass is 35.5. The molecule has 2 aromatic rings. The Kier molecular flexibility index (Phi) is 2.40. The maximum absolute atomic E-state index is 11.0. The third-order valence-electron chi connectivity index (χ3n) is 1.89. The summed E-state index contributed by atoms with van der Waals surface area (Å²) in [5, 5.41) is 2.40. The van der Waals surface area contributed by atoms with Gasteiger partial charge in [0.1, 0.15) is 0 Å². The van der Waals surface area contributed by atoms with Gasteiger partial charge >= 0.3 is 0 Å². The summed E-state index contributed by atoms with van der Waals surface area (Å²) < 4.78 is 0. The summed E-state index contributed by atoms with van der Waals surface area (Å²) in [6.07, 6.45) is 1.44. The van der Waals surface area contributed by atoms with E-state index in [1.54, 1.807) is 18.2 Å². The molecule has 0 saturated heterocycles. The van der Waals surface area contributed by atoms with E-state index in [1.807, 2.05) is 0 Å². The number of rotatable bonds is 0. The van der Waals surface area contributed by atoms with Crippen molar-refractivity contribution < 1.29 is 0 Å². The van der Waals surface area contributed by atoms with E-state index in [0.717, 1.165) is 5.39 Å². The molecule has 0 saturated carbocycles. The third kappa shape index (κ3) is 1.59. The molecule has 0 unspecified atom stereocenters. The van der Waals surface area contributed by atoms with Gasteiger partial charge in [0.25, 0.3) is 5.56 Å². The van der Waals surface area contributed by atoms with Gasteiger partial charge in [-0.3, -0.25) is 4.79 Å². The van der Waals surface area contributed by atoms with Crippen LogP contribution in [0, 0.1) is 0 Å². The Balaban J connectivity index is 2.98. The van der Waals surface area contributed by atoms with Crippen LogP contribution in [0.25, 0.3) is 10.8 Å². The molecule has 0 fully saturated rings. The first kappa shape index (κ1) is 9.44. The van der Waals surface area contributed by atoms with E-state index in [0.29, 0.717) is 15.4 Å². The van der Waals surface area contributed by atoms with Crippen molar-refractivity contribution in [1.82, 2.24) is 4.98 Å². The minimum absolute atomic E-state index is 0.298. The van der Waals surface area contributed by atoms with E-state index in [4.69, 9.17) is 23.2 Å². The molecular weight excluding hydrogens is 221 g/mol. The zero-order chi connectivity index (χ0) is 10.1. The maximum Gasteiger partial charge on any atom is 0.269 e. The molecule has 0 bridgehead atoms. The van der Waals surface area contributed by atoms with Crippen LogP contribution in [0.1, 0.15) is 0 Å². The van der Waals surface area contributed by atoms with Crippen molar-refractivity contribution in [2.75, 3.05) is 0 Å². The lowest BCUT2D eigenvalue weighted by Gasteiger charge is -1.97. The van der Waals surface area contributed by atoms with Gasteiger partial charge in [0, 0.05) is 17.6 Å². The van der Waals surface area contributed by atoms with Gasteiger partial charge in [-0.05, 0) is 17.5 Å².